The number of rotatable bonds is 4. The molecule has 132 valence electrons. The Labute approximate surface area is 167 Å². The van der Waals surface area contributed by atoms with Crippen LogP contribution in [-0.4, -0.2) is 17.2 Å². The first-order chi connectivity index (χ1) is 12.4. The van der Waals surface area contributed by atoms with E-state index >= 15 is 0 Å². The van der Waals surface area contributed by atoms with Gasteiger partial charge in [-0.1, -0.05) is 39.1 Å². The van der Waals surface area contributed by atoms with Crippen LogP contribution >= 0.6 is 39.1 Å². The van der Waals surface area contributed by atoms with Crippen molar-refractivity contribution in [3.8, 4) is 17.1 Å². The second-order valence-electron chi connectivity index (χ2n) is 5.19. The lowest BCUT2D eigenvalue weighted by Gasteiger charge is -2.01. The summed E-state index contributed by atoms with van der Waals surface area (Å²) in [5.41, 5.74) is 3.41. The molecule has 0 aliphatic rings. The summed E-state index contributed by atoms with van der Waals surface area (Å²) < 4.78 is 6.30. The summed E-state index contributed by atoms with van der Waals surface area (Å²) in [6.07, 6.45) is 1.33. The van der Waals surface area contributed by atoms with E-state index in [0.717, 1.165) is 4.47 Å². The lowest BCUT2D eigenvalue weighted by atomic mass is 10.2. The Morgan fingerprint density at radius 2 is 1.96 bits per heavy atom. The number of carbonyl (C=O) groups is 1. The van der Waals surface area contributed by atoms with Crippen molar-refractivity contribution in [1.82, 2.24) is 5.43 Å². The van der Waals surface area contributed by atoms with Gasteiger partial charge in [-0.25, -0.2) is 5.43 Å². The SMILES string of the molecule is O=C(NN=Cc1cc(Br)ccc1O)c1ccc(-c2ccc(Cl)cc2Cl)o1. The van der Waals surface area contributed by atoms with Gasteiger partial charge in [-0.05, 0) is 48.5 Å². The zero-order valence-corrected chi connectivity index (χ0v) is 16.1. The van der Waals surface area contributed by atoms with Crippen LogP contribution in [0.5, 0.6) is 5.75 Å². The van der Waals surface area contributed by atoms with Crippen LogP contribution in [0.15, 0.2) is 62.5 Å². The Kier molecular flexibility index (Phi) is 5.66. The molecule has 0 atom stereocenters. The molecule has 0 radical (unpaired) electrons. The summed E-state index contributed by atoms with van der Waals surface area (Å²) in [6.45, 7) is 0. The molecule has 2 aromatic carbocycles. The number of hydrogen-bond acceptors (Lipinski definition) is 4. The van der Waals surface area contributed by atoms with Crippen LogP contribution in [0, 0.1) is 0 Å². The lowest BCUT2D eigenvalue weighted by Crippen LogP contribution is -2.16. The molecule has 5 nitrogen and oxygen atoms in total. The first-order valence-corrected chi connectivity index (χ1v) is 8.86. The lowest BCUT2D eigenvalue weighted by molar-refractivity contribution is 0.0928. The minimum atomic E-state index is -0.535. The maximum absolute atomic E-state index is 12.1. The molecule has 8 heteroatoms. The van der Waals surface area contributed by atoms with Gasteiger partial charge < -0.3 is 9.52 Å². The van der Waals surface area contributed by atoms with Gasteiger partial charge in [-0.2, -0.15) is 5.10 Å². The second-order valence-corrected chi connectivity index (χ2v) is 6.95. The van der Waals surface area contributed by atoms with Crippen molar-refractivity contribution < 1.29 is 14.3 Å². The van der Waals surface area contributed by atoms with Crippen LogP contribution in [0.25, 0.3) is 11.3 Å². The molecule has 0 fully saturated rings. The number of phenols is 1. The van der Waals surface area contributed by atoms with Gasteiger partial charge in [0.15, 0.2) is 5.76 Å². The van der Waals surface area contributed by atoms with Crippen molar-refractivity contribution in [3.63, 3.8) is 0 Å². The molecule has 0 spiro atoms. The molecule has 0 aliphatic carbocycles. The summed E-state index contributed by atoms with van der Waals surface area (Å²) in [4.78, 5) is 12.1. The summed E-state index contributed by atoms with van der Waals surface area (Å²) >= 11 is 15.3. The van der Waals surface area contributed by atoms with E-state index in [2.05, 4.69) is 26.5 Å². The average molecular weight is 454 g/mol. The second kappa shape index (κ2) is 7.95. The van der Waals surface area contributed by atoms with Crippen LogP contribution < -0.4 is 5.43 Å². The number of furan rings is 1. The van der Waals surface area contributed by atoms with Gasteiger partial charge in [0, 0.05) is 20.6 Å². The normalized spacial score (nSPS) is 11.0. The van der Waals surface area contributed by atoms with Crippen LogP contribution in [0.1, 0.15) is 16.1 Å². The Morgan fingerprint density at radius 3 is 2.73 bits per heavy atom. The number of phenolic OH excluding ortho intramolecular Hbond substituents is 1. The minimum Gasteiger partial charge on any atom is -0.507 e. The summed E-state index contributed by atoms with van der Waals surface area (Å²) in [5.74, 6) is 0.0167. The van der Waals surface area contributed by atoms with Crippen molar-refractivity contribution in [1.29, 1.82) is 0 Å². The fourth-order valence-corrected chi connectivity index (χ4v) is 3.02. The van der Waals surface area contributed by atoms with E-state index in [1.165, 1.54) is 18.3 Å². The fraction of sp³-hybridized carbons (Fsp3) is 0. The highest BCUT2D eigenvalue weighted by Gasteiger charge is 2.13. The molecule has 2 N–H and O–H groups in total. The maximum atomic E-state index is 12.1. The highest BCUT2D eigenvalue weighted by atomic mass is 79.9. The van der Waals surface area contributed by atoms with E-state index in [1.807, 2.05) is 0 Å². The molecule has 1 aromatic heterocycles. The van der Waals surface area contributed by atoms with Gasteiger partial charge in [-0.15, -0.1) is 0 Å². The molecular formula is C18H11BrCl2N2O3. The average Bonchev–Trinajstić information content (AvgIpc) is 3.07. The van der Waals surface area contributed by atoms with Crippen molar-refractivity contribution in [2.24, 2.45) is 5.10 Å². The Morgan fingerprint density at radius 1 is 1.15 bits per heavy atom. The highest BCUT2D eigenvalue weighted by Crippen LogP contribution is 2.31. The third-order valence-electron chi connectivity index (χ3n) is 3.39. The quantitative estimate of drug-likeness (QED) is 0.405. The van der Waals surface area contributed by atoms with E-state index in [-0.39, 0.29) is 11.5 Å². The van der Waals surface area contributed by atoms with Gasteiger partial charge in [0.2, 0.25) is 0 Å². The van der Waals surface area contributed by atoms with Crippen molar-refractivity contribution >= 4 is 51.3 Å². The predicted octanol–water partition coefficient (Wildman–Crippen LogP) is 5.49. The van der Waals surface area contributed by atoms with Gasteiger partial charge in [0.1, 0.15) is 11.5 Å². The predicted molar refractivity (Wildman–Crippen MR) is 105 cm³/mol. The van der Waals surface area contributed by atoms with Gasteiger partial charge in [0.05, 0.1) is 11.2 Å². The third-order valence-corrected chi connectivity index (χ3v) is 4.43. The Balaban J connectivity index is 1.72. The number of carbonyl (C=O) groups excluding carboxylic acids is 1. The molecule has 0 aliphatic heterocycles. The summed E-state index contributed by atoms with van der Waals surface area (Å²) in [5, 5.41) is 14.5. The van der Waals surface area contributed by atoms with E-state index in [0.29, 0.717) is 26.9 Å². The number of hydrazone groups is 1. The number of hydrogen-bond donors (Lipinski definition) is 2. The number of amides is 1. The molecule has 0 unspecified atom stereocenters. The summed E-state index contributed by atoms with van der Waals surface area (Å²) in [7, 11) is 0. The first kappa shape index (κ1) is 18.5. The molecule has 0 saturated carbocycles. The van der Waals surface area contributed by atoms with Crippen molar-refractivity contribution in [2.45, 2.75) is 0 Å². The zero-order chi connectivity index (χ0) is 18.7. The molecule has 3 aromatic rings. The molecule has 0 saturated heterocycles. The fourth-order valence-electron chi connectivity index (χ4n) is 2.14. The van der Waals surface area contributed by atoms with Crippen LogP contribution in [0.4, 0.5) is 0 Å². The van der Waals surface area contributed by atoms with Crippen molar-refractivity contribution in [2.75, 3.05) is 0 Å². The molecule has 1 amide bonds. The smallest absolute Gasteiger partial charge is 0.307 e. The number of aromatic hydroxyl groups is 1. The highest BCUT2D eigenvalue weighted by molar-refractivity contribution is 9.10. The molecule has 1 heterocycles. The largest absolute Gasteiger partial charge is 0.507 e. The summed E-state index contributed by atoms with van der Waals surface area (Å²) in [6, 6.07) is 13.0. The first-order valence-electron chi connectivity index (χ1n) is 7.31. The van der Waals surface area contributed by atoms with Gasteiger partial charge >= 0.3 is 5.91 Å². The standard InChI is InChI=1S/C18H11BrCl2N2O3/c19-11-1-4-15(24)10(7-11)9-22-23-18(25)17-6-5-16(26-17)13-3-2-12(20)8-14(13)21/h1-9,24H,(H,23,25). The van der Waals surface area contributed by atoms with Gasteiger partial charge in [0.25, 0.3) is 0 Å². The molecule has 3 rings (SSSR count). The van der Waals surface area contributed by atoms with E-state index in [9.17, 15) is 9.90 Å². The van der Waals surface area contributed by atoms with Crippen LogP contribution in [-0.2, 0) is 0 Å². The number of benzene rings is 2. The maximum Gasteiger partial charge on any atom is 0.307 e. The van der Waals surface area contributed by atoms with Crippen LogP contribution in [0.3, 0.4) is 0 Å². The molecular weight excluding hydrogens is 443 g/mol. The van der Waals surface area contributed by atoms with Crippen LogP contribution in [0.2, 0.25) is 10.0 Å². The van der Waals surface area contributed by atoms with Gasteiger partial charge in [-0.3, -0.25) is 4.79 Å². The minimum absolute atomic E-state index is 0.0452. The van der Waals surface area contributed by atoms with E-state index < -0.39 is 5.91 Å². The Bertz CT molecular complexity index is 1000. The number of halogens is 3. The monoisotopic (exact) mass is 452 g/mol. The zero-order valence-electron chi connectivity index (χ0n) is 13.0. The number of nitrogens with zero attached hydrogens (tertiary/aromatic N) is 1. The van der Waals surface area contributed by atoms with Crippen molar-refractivity contribution in [3.05, 3.63) is 74.4 Å². The Hall–Kier alpha value is -2.28. The van der Waals surface area contributed by atoms with E-state index in [1.54, 1.807) is 36.4 Å². The topological polar surface area (TPSA) is 74.8 Å². The van der Waals surface area contributed by atoms with E-state index in [4.69, 9.17) is 27.6 Å². The third kappa shape index (κ3) is 4.27. The number of nitrogens with one attached hydrogen (secondary N) is 1. The molecule has 26 heavy (non-hydrogen) atoms. The molecule has 0 bridgehead atoms.